The van der Waals surface area contributed by atoms with E-state index in [0.29, 0.717) is 13.0 Å². The van der Waals surface area contributed by atoms with Crippen LogP contribution < -0.4 is 5.32 Å². The number of rotatable bonds is 2. The van der Waals surface area contributed by atoms with Gasteiger partial charge in [0.05, 0.1) is 17.1 Å². The van der Waals surface area contributed by atoms with E-state index in [4.69, 9.17) is 4.98 Å². The summed E-state index contributed by atoms with van der Waals surface area (Å²) in [6, 6.07) is 0. The first-order valence-corrected chi connectivity index (χ1v) is 8.89. The summed E-state index contributed by atoms with van der Waals surface area (Å²) < 4.78 is 13.3. The third-order valence-corrected chi connectivity index (χ3v) is 5.56. The largest absolute Gasteiger partial charge is 0.384 e. The Kier molecular flexibility index (Phi) is 4.80. The molecule has 0 radical (unpaired) electrons. The van der Waals surface area contributed by atoms with E-state index in [9.17, 15) is 4.39 Å². The van der Waals surface area contributed by atoms with Gasteiger partial charge in [0.1, 0.15) is 17.0 Å². The topological polar surface area (TPSA) is 40.5 Å². The second-order valence-corrected chi connectivity index (χ2v) is 7.12. The summed E-state index contributed by atoms with van der Waals surface area (Å²) >= 11 is 1.66. The number of aryl methyl sites for hydroxylation is 1. The number of amidine groups is 1. The van der Waals surface area contributed by atoms with Gasteiger partial charge in [-0.2, -0.15) is 0 Å². The predicted octanol–water partition coefficient (Wildman–Crippen LogP) is 3.47. The lowest BCUT2D eigenvalue weighted by Crippen LogP contribution is -2.26. The number of alkyl halides is 1. The monoisotopic (exact) mass is 334 g/mol. The number of aromatic nitrogens is 1. The van der Waals surface area contributed by atoms with Gasteiger partial charge in [-0.15, -0.1) is 11.3 Å². The van der Waals surface area contributed by atoms with Crippen LogP contribution in [-0.2, 0) is 6.42 Å². The minimum absolute atomic E-state index is 0.458. The van der Waals surface area contributed by atoms with Crippen LogP contribution in [0.15, 0.2) is 17.8 Å². The normalized spacial score (nSPS) is 22.8. The minimum atomic E-state index is -0.724. The Morgan fingerprint density at radius 2 is 2.35 bits per heavy atom. The van der Waals surface area contributed by atoms with Crippen LogP contribution in [0.2, 0.25) is 0 Å². The van der Waals surface area contributed by atoms with Gasteiger partial charge >= 0.3 is 0 Å². The molecule has 3 rings (SSSR count). The predicted molar refractivity (Wildman–Crippen MR) is 95.3 cm³/mol. The molecule has 3 heterocycles. The van der Waals surface area contributed by atoms with E-state index in [1.165, 1.54) is 0 Å². The van der Waals surface area contributed by atoms with Gasteiger partial charge in [-0.3, -0.25) is 0 Å². The van der Waals surface area contributed by atoms with E-state index < -0.39 is 6.17 Å². The Hall–Kier alpha value is -1.69. The third-order valence-electron chi connectivity index (χ3n) is 4.27. The molecule has 1 aromatic rings. The number of fused-ring (bicyclic) bond motifs is 1. The second kappa shape index (κ2) is 6.83. The molecule has 1 N–H and O–H groups in total. The van der Waals surface area contributed by atoms with Gasteiger partial charge in [0.15, 0.2) is 0 Å². The lowest BCUT2D eigenvalue weighted by atomic mass is 10.2. The summed E-state index contributed by atoms with van der Waals surface area (Å²) in [5, 5.41) is 4.32. The molecule has 23 heavy (non-hydrogen) atoms. The van der Waals surface area contributed by atoms with E-state index in [-0.39, 0.29) is 0 Å². The fraction of sp³-hybridized carbons (Fsp3) is 0.529. The summed E-state index contributed by atoms with van der Waals surface area (Å²) in [6.45, 7) is 10.2. The molecule has 0 aliphatic carbocycles. The summed E-state index contributed by atoms with van der Waals surface area (Å²) in [7, 11) is 0. The van der Waals surface area contributed by atoms with E-state index >= 15 is 0 Å². The van der Waals surface area contributed by atoms with Gasteiger partial charge in [-0.25, -0.2) is 14.4 Å². The van der Waals surface area contributed by atoms with Crippen LogP contribution >= 0.6 is 11.3 Å². The zero-order valence-electron chi connectivity index (χ0n) is 13.7. The Balaban J connectivity index is 1.76. The highest BCUT2D eigenvalue weighted by molar-refractivity contribution is 7.13. The van der Waals surface area contributed by atoms with Crippen molar-refractivity contribution in [1.29, 1.82) is 0 Å². The fourth-order valence-electron chi connectivity index (χ4n) is 2.84. The molecule has 0 saturated carbocycles. The number of allylic oxidation sites excluding steroid dienone is 1. The fourth-order valence-corrected chi connectivity index (χ4v) is 3.86. The molecule has 1 aromatic heterocycles. The Labute approximate surface area is 140 Å². The molecule has 0 bridgehead atoms. The Morgan fingerprint density at radius 1 is 1.52 bits per heavy atom. The number of likely N-dealkylation sites (tertiary alicyclic amines) is 1. The highest BCUT2D eigenvalue weighted by atomic mass is 32.1. The lowest BCUT2D eigenvalue weighted by molar-refractivity contribution is 0.342. The zero-order valence-corrected chi connectivity index (χ0v) is 14.5. The van der Waals surface area contributed by atoms with Crippen LogP contribution in [0, 0.1) is 0 Å². The van der Waals surface area contributed by atoms with Crippen molar-refractivity contribution in [3.8, 4) is 0 Å². The smallest absolute Gasteiger partial charge is 0.121 e. The number of hydrogen-bond acceptors (Lipinski definition) is 4. The van der Waals surface area contributed by atoms with Crippen LogP contribution in [0.5, 0.6) is 0 Å². The standard InChI is InChI=1S/C17H23FN4S/c1-11(9-20-13(3)22-8-6-14(18)10-22)17-21-15-5-4-7-19-12(2)16(15)23-17/h9,14,19H,2,4-8,10H2,1,3H3/b11-9+,20-13?. The molecule has 124 valence electrons. The van der Waals surface area contributed by atoms with Crippen molar-refractivity contribution in [3.63, 3.8) is 0 Å². The van der Waals surface area contributed by atoms with Crippen molar-refractivity contribution in [2.75, 3.05) is 19.6 Å². The van der Waals surface area contributed by atoms with Crippen LogP contribution in [0.1, 0.15) is 42.3 Å². The molecule has 0 aromatic carbocycles. The van der Waals surface area contributed by atoms with Gasteiger partial charge in [-0.05, 0) is 33.1 Å². The van der Waals surface area contributed by atoms with Crippen LogP contribution in [0.4, 0.5) is 4.39 Å². The van der Waals surface area contributed by atoms with E-state index in [1.807, 2.05) is 24.9 Å². The third kappa shape index (κ3) is 3.63. The molecule has 2 aliphatic heterocycles. The molecule has 0 spiro atoms. The number of hydrogen-bond donors (Lipinski definition) is 1. The summed E-state index contributed by atoms with van der Waals surface area (Å²) in [5.41, 5.74) is 3.14. The average Bonchev–Trinajstić information content (AvgIpc) is 3.11. The first-order valence-electron chi connectivity index (χ1n) is 8.08. The summed E-state index contributed by atoms with van der Waals surface area (Å²) in [5.74, 6) is 0.869. The molecular formula is C17H23FN4S. The van der Waals surface area contributed by atoms with Gasteiger partial charge < -0.3 is 10.2 Å². The molecule has 6 heteroatoms. The highest BCUT2D eigenvalue weighted by Gasteiger charge is 2.22. The van der Waals surface area contributed by atoms with Crippen molar-refractivity contribution in [2.45, 2.75) is 39.3 Å². The first-order chi connectivity index (χ1) is 11.0. The lowest BCUT2D eigenvalue weighted by Gasteiger charge is -2.15. The van der Waals surface area contributed by atoms with Crippen LogP contribution in [0.25, 0.3) is 11.3 Å². The molecule has 1 fully saturated rings. The van der Waals surface area contributed by atoms with Gasteiger partial charge in [0.2, 0.25) is 0 Å². The average molecular weight is 334 g/mol. The van der Waals surface area contributed by atoms with Crippen molar-refractivity contribution >= 4 is 28.4 Å². The first kappa shape index (κ1) is 16.2. The van der Waals surface area contributed by atoms with Gasteiger partial charge in [-0.1, -0.05) is 6.58 Å². The number of thiazole rings is 1. The summed E-state index contributed by atoms with van der Waals surface area (Å²) in [6.07, 6.45) is 3.78. The number of aliphatic imine (C=N–C) groups is 1. The van der Waals surface area contributed by atoms with Gasteiger partial charge in [0.25, 0.3) is 0 Å². The van der Waals surface area contributed by atoms with Crippen molar-refractivity contribution in [2.24, 2.45) is 4.99 Å². The van der Waals surface area contributed by atoms with Crippen LogP contribution in [-0.4, -0.2) is 41.5 Å². The molecule has 1 saturated heterocycles. The van der Waals surface area contributed by atoms with Gasteiger partial charge in [0, 0.05) is 30.6 Å². The molecule has 0 amide bonds. The highest BCUT2D eigenvalue weighted by Crippen LogP contribution is 2.30. The second-order valence-electron chi connectivity index (χ2n) is 6.12. The number of nitrogens with zero attached hydrogens (tertiary/aromatic N) is 3. The van der Waals surface area contributed by atoms with Crippen molar-refractivity contribution in [3.05, 3.63) is 28.4 Å². The van der Waals surface area contributed by atoms with Crippen molar-refractivity contribution in [1.82, 2.24) is 15.2 Å². The molecule has 1 atom stereocenters. The zero-order chi connectivity index (χ0) is 16.4. The molecular weight excluding hydrogens is 311 g/mol. The van der Waals surface area contributed by atoms with E-state index in [0.717, 1.165) is 58.6 Å². The Morgan fingerprint density at radius 3 is 3.09 bits per heavy atom. The maximum Gasteiger partial charge on any atom is 0.121 e. The minimum Gasteiger partial charge on any atom is -0.384 e. The van der Waals surface area contributed by atoms with E-state index in [1.54, 1.807) is 11.3 Å². The van der Waals surface area contributed by atoms with Crippen molar-refractivity contribution < 1.29 is 4.39 Å². The maximum atomic E-state index is 13.3. The number of halogens is 1. The quantitative estimate of drug-likeness (QED) is 0.665. The number of nitrogens with one attached hydrogen (secondary N) is 1. The van der Waals surface area contributed by atoms with Crippen LogP contribution in [0.3, 0.4) is 0 Å². The molecule has 4 nitrogen and oxygen atoms in total. The molecule has 1 unspecified atom stereocenters. The summed E-state index contributed by atoms with van der Waals surface area (Å²) in [4.78, 5) is 12.4. The SMILES string of the molecule is C=C1NCCCc2nc(/C(C)=C/N=C(C)N3CCC(F)C3)sc21. The molecule has 2 aliphatic rings. The maximum absolute atomic E-state index is 13.3. The Bertz CT molecular complexity index is 662. The van der Waals surface area contributed by atoms with E-state index in [2.05, 4.69) is 16.9 Å².